The van der Waals surface area contributed by atoms with Gasteiger partial charge in [0.2, 0.25) is 5.91 Å². The van der Waals surface area contributed by atoms with Crippen LogP contribution >= 0.6 is 0 Å². The second kappa shape index (κ2) is 6.07. The van der Waals surface area contributed by atoms with Gasteiger partial charge in [-0.2, -0.15) is 0 Å². The van der Waals surface area contributed by atoms with Crippen LogP contribution in [0.25, 0.3) is 0 Å². The number of amides is 1. The van der Waals surface area contributed by atoms with Crippen molar-refractivity contribution in [2.45, 2.75) is 46.0 Å². The van der Waals surface area contributed by atoms with Crippen LogP contribution in [0.3, 0.4) is 0 Å². The third kappa shape index (κ3) is 3.37. The summed E-state index contributed by atoms with van der Waals surface area (Å²) < 4.78 is 0. The van der Waals surface area contributed by atoms with Gasteiger partial charge in [-0.1, -0.05) is 38.3 Å². The number of hydrogen-bond acceptors (Lipinski definition) is 3. The summed E-state index contributed by atoms with van der Waals surface area (Å²) in [4.78, 5) is 14.2. The van der Waals surface area contributed by atoms with Crippen LogP contribution in [0.15, 0.2) is 5.16 Å². The zero-order valence-corrected chi connectivity index (χ0v) is 11.6. The summed E-state index contributed by atoms with van der Waals surface area (Å²) in [7, 11) is 1.79. The quantitative estimate of drug-likeness (QED) is 0.348. The van der Waals surface area contributed by atoms with Gasteiger partial charge in [0.05, 0.1) is 0 Å². The zero-order valence-electron chi connectivity index (χ0n) is 11.6. The molecule has 1 atom stereocenters. The second-order valence-electron chi connectivity index (χ2n) is 5.73. The first-order chi connectivity index (χ1) is 8.40. The summed E-state index contributed by atoms with van der Waals surface area (Å²) in [5, 5.41) is 11.6. The highest BCUT2D eigenvalue weighted by atomic mass is 16.4. The van der Waals surface area contributed by atoms with E-state index in [1.807, 2.05) is 6.92 Å². The first kappa shape index (κ1) is 14.8. The van der Waals surface area contributed by atoms with Crippen molar-refractivity contribution in [2.24, 2.45) is 22.2 Å². The third-order valence-electron chi connectivity index (χ3n) is 3.99. The lowest BCUT2D eigenvalue weighted by molar-refractivity contribution is -0.142. The molecule has 104 valence electrons. The van der Waals surface area contributed by atoms with Crippen molar-refractivity contribution in [2.75, 3.05) is 13.6 Å². The fourth-order valence-corrected chi connectivity index (χ4v) is 2.69. The Bertz CT molecular complexity index is 322. The SMILES string of the molecule is CC(CN(C)C(=O)C1(C)CCCCC1)C(N)=NO. The van der Waals surface area contributed by atoms with Gasteiger partial charge in [0.15, 0.2) is 0 Å². The number of amidine groups is 1. The third-order valence-corrected chi connectivity index (χ3v) is 3.99. The molecule has 0 spiro atoms. The molecule has 5 heteroatoms. The number of oxime groups is 1. The molecular formula is C13H25N3O2. The highest BCUT2D eigenvalue weighted by molar-refractivity contribution is 5.85. The normalized spacial score (nSPS) is 21.4. The van der Waals surface area contributed by atoms with Crippen molar-refractivity contribution >= 4 is 11.7 Å². The Morgan fingerprint density at radius 2 is 2.00 bits per heavy atom. The Hall–Kier alpha value is -1.26. The number of nitrogens with zero attached hydrogens (tertiary/aromatic N) is 2. The van der Waals surface area contributed by atoms with Crippen molar-refractivity contribution in [3.8, 4) is 0 Å². The lowest BCUT2D eigenvalue weighted by Gasteiger charge is -2.36. The summed E-state index contributed by atoms with van der Waals surface area (Å²) >= 11 is 0. The van der Waals surface area contributed by atoms with Gasteiger partial charge < -0.3 is 15.8 Å². The highest BCUT2D eigenvalue weighted by Gasteiger charge is 2.36. The minimum absolute atomic E-state index is 0.129. The Balaban J connectivity index is 2.60. The maximum atomic E-state index is 12.4. The Labute approximate surface area is 109 Å². The van der Waals surface area contributed by atoms with E-state index in [4.69, 9.17) is 10.9 Å². The molecule has 1 rings (SSSR count). The van der Waals surface area contributed by atoms with E-state index in [0.29, 0.717) is 6.54 Å². The summed E-state index contributed by atoms with van der Waals surface area (Å²) in [5.74, 6) is 0.222. The molecular weight excluding hydrogens is 230 g/mol. The summed E-state index contributed by atoms with van der Waals surface area (Å²) in [6.45, 7) is 4.39. The minimum atomic E-state index is -0.224. The van der Waals surface area contributed by atoms with E-state index in [1.165, 1.54) is 6.42 Å². The molecule has 1 saturated carbocycles. The maximum absolute atomic E-state index is 12.4. The Morgan fingerprint density at radius 3 is 2.50 bits per heavy atom. The number of nitrogens with two attached hydrogens (primary N) is 1. The van der Waals surface area contributed by atoms with E-state index in [0.717, 1.165) is 25.7 Å². The van der Waals surface area contributed by atoms with Crippen molar-refractivity contribution in [3.63, 3.8) is 0 Å². The molecule has 0 aromatic rings. The molecule has 0 aliphatic heterocycles. The van der Waals surface area contributed by atoms with E-state index in [1.54, 1.807) is 11.9 Å². The van der Waals surface area contributed by atoms with Crippen LogP contribution in [-0.2, 0) is 4.79 Å². The van der Waals surface area contributed by atoms with Crippen LogP contribution in [0.2, 0.25) is 0 Å². The smallest absolute Gasteiger partial charge is 0.228 e. The fraction of sp³-hybridized carbons (Fsp3) is 0.846. The molecule has 1 fully saturated rings. The topological polar surface area (TPSA) is 78.9 Å². The van der Waals surface area contributed by atoms with Crippen LogP contribution < -0.4 is 5.73 Å². The molecule has 3 N–H and O–H groups in total. The van der Waals surface area contributed by atoms with Gasteiger partial charge >= 0.3 is 0 Å². The summed E-state index contributed by atoms with van der Waals surface area (Å²) in [6.07, 6.45) is 5.42. The average Bonchev–Trinajstić information content (AvgIpc) is 2.37. The van der Waals surface area contributed by atoms with Gasteiger partial charge in [-0.15, -0.1) is 0 Å². The van der Waals surface area contributed by atoms with Crippen molar-refractivity contribution in [3.05, 3.63) is 0 Å². The fourth-order valence-electron chi connectivity index (χ4n) is 2.69. The number of rotatable bonds is 4. The van der Waals surface area contributed by atoms with E-state index in [-0.39, 0.29) is 23.1 Å². The predicted octanol–water partition coefficient (Wildman–Crippen LogP) is 1.80. The van der Waals surface area contributed by atoms with E-state index in [2.05, 4.69) is 12.1 Å². The van der Waals surface area contributed by atoms with Crippen LogP contribution in [0.5, 0.6) is 0 Å². The monoisotopic (exact) mass is 255 g/mol. The largest absolute Gasteiger partial charge is 0.409 e. The molecule has 1 aliphatic carbocycles. The summed E-state index contributed by atoms with van der Waals surface area (Å²) in [5.41, 5.74) is 5.31. The minimum Gasteiger partial charge on any atom is -0.409 e. The second-order valence-corrected chi connectivity index (χ2v) is 5.73. The standard InChI is InChI=1S/C13H25N3O2/c1-10(11(14)15-18)9-16(3)12(17)13(2)7-5-4-6-8-13/h10,18H,4-9H2,1-3H3,(H2,14,15). The van der Waals surface area contributed by atoms with Gasteiger partial charge in [-0.3, -0.25) is 4.79 Å². The zero-order chi connectivity index (χ0) is 13.8. The first-order valence-corrected chi connectivity index (χ1v) is 6.63. The molecule has 0 aromatic carbocycles. The molecule has 1 amide bonds. The molecule has 1 unspecified atom stereocenters. The molecule has 0 radical (unpaired) electrons. The Kier molecular flexibility index (Phi) is 4.99. The van der Waals surface area contributed by atoms with E-state index in [9.17, 15) is 4.79 Å². The Morgan fingerprint density at radius 1 is 1.44 bits per heavy atom. The first-order valence-electron chi connectivity index (χ1n) is 6.63. The van der Waals surface area contributed by atoms with Crippen molar-refractivity contribution in [1.29, 1.82) is 0 Å². The van der Waals surface area contributed by atoms with E-state index >= 15 is 0 Å². The molecule has 18 heavy (non-hydrogen) atoms. The van der Waals surface area contributed by atoms with Gasteiger partial charge in [-0.05, 0) is 12.8 Å². The number of carbonyl (C=O) groups is 1. The van der Waals surface area contributed by atoms with Gasteiger partial charge in [-0.25, -0.2) is 0 Å². The molecule has 5 nitrogen and oxygen atoms in total. The molecule has 0 bridgehead atoms. The van der Waals surface area contributed by atoms with Crippen LogP contribution in [-0.4, -0.2) is 35.4 Å². The lowest BCUT2D eigenvalue weighted by atomic mass is 9.74. The number of carbonyl (C=O) groups excluding carboxylic acids is 1. The van der Waals surface area contributed by atoms with Gasteiger partial charge in [0.1, 0.15) is 5.84 Å². The van der Waals surface area contributed by atoms with Crippen LogP contribution in [0.1, 0.15) is 46.0 Å². The van der Waals surface area contributed by atoms with Gasteiger partial charge in [0, 0.05) is 24.9 Å². The highest BCUT2D eigenvalue weighted by Crippen LogP contribution is 2.37. The predicted molar refractivity (Wildman–Crippen MR) is 71.4 cm³/mol. The van der Waals surface area contributed by atoms with Crippen molar-refractivity contribution < 1.29 is 10.0 Å². The molecule has 0 heterocycles. The van der Waals surface area contributed by atoms with Crippen molar-refractivity contribution in [1.82, 2.24) is 4.90 Å². The van der Waals surface area contributed by atoms with Gasteiger partial charge in [0.25, 0.3) is 0 Å². The van der Waals surface area contributed by atoms with Crippen LogP contribution in [0, 0.1) is 11.3 Å². The lowest BCUT2D eigenvalue weighted by Crippen LogP contribution is -2.44. The molecule has 0 aromatic heterocycles. The summed E-state index contributed by atoms with van der Waals surface area (Å²) in [6, 6.07) is 0. The molecule has 1 aliphatic rings. The average molecular weight is 255 g/mol. The molecule has 0 saturated heterocycles. The van der Waals surface area contributed by atoms with Crippen LogP contribution in [0.4, 0.5) is 0 Å². The maximum Gasteiger partial charge on any atom is 0.228 e. The van der Waals surface area contributed by atoms with E-state index < -0.39 is 0 Å². The number of hydrogen-bond donors (Lipinski definition) is 2.